The highest BCUT2D eigenvalue weighted by Crippen LogP contribution is 2.14. The molecule has 0 spiro atoms. The summed E-state index contributed by atoms with van der Waals surface area (Å²) in [6, 6.07) is 4.03. The molecule has 2 rings (SSSR count). The fourth-order valence-corrected chi connectivity index (χ4v) is 1.63. The third-order valence-electron chi connectivity index (χ3n) is 2.31. The van der Waals surface area contributed by atoms with Gasteiger partial charge in [0.1, 0.15) is 5.15 Å². The van der Waals surface area contributed by atoms with Gasteiger partial charge in [-0.3, -0.25) is 4.79 Å². The molecule has 7 nitrogen and oxygen atoms in total. The molecule has 0 aliphatic heterocycles. The predicted molar refractivity (Wildman–Crippen MR) is 66.7 cm³/mol. The van der Waals surface area contributed by atoms with Gasteiger partial charge in [0, 0.05) is 13.2 Å². The third-order valence-corrected chi connectivity index (χ3v) is 2.50. The molecule has 2 heterocycles. The van der Waals surface area contributed by atoms with Gasteiger partial charge in [0.15, 0.2) is 11.5 Å². The maximum Gasteiger partial charge on any atom is 0.335 e. The number of amides is 1. The molecule has 0 radical (unpaired) electrons. The predicted octanol–water partition coefficient (Wildman–Crippen LogP) is 0.979. The Bertz CT molecular complexity index is 653. The van der Waals surface area contributed by atoms with E-state index in [-0.39, 0.29) is 28.1 Å². The van der Waals surface area contributed by atoms with Crippen molar-refractivity contribution in [2.75, 3.05) is 7.05 Å². The lowest BCUT2D eigenvalue weighted by Crippen LogP contribution is -2.18. The van der Waals surface area contributed by atoms with Crippen LogP contribution in [0.2, 0.25) is 5.15 Å². The molecule has 1 amide bonds. The molecule has 0 bridgehead atoms. The van der Waals surface area contributed by atoms with Gasteiger partial charge in [-0.25, -0.2) is 14.5 Å². The first-order chi connectivity index (χ1) is 9.01. The highest BCUT2D eigenvalue weighted by atomic mass is 35.5. The summed E-state index contributed by atoms with van der Waals surface area (Å²) in [6.45, 7) is 0. The van der Waals surface area contributed by atoms with Crippen LogP contribution in [0.4, 0.5) is 0 Å². The molecule has 0 saturated carbocycles. The SMILES string of the molecule is CNC(=O)c1ccn(-c2cc(C(=O)O)cc(Cl)n2)n1. The number of hydrogen-bond donors (Lipinski definition) is 2. The molecular formula is C11H9ClN4O3. The van der Waals surface area contributed by atoms with Gasteiger partial charge in [0.25, 0.3) is 5.91 Å². The first-order valence-electron chi connectivity index (χ1n) is 5.20. The molecule has 0 fully saturated rings. The molecule has 0 aromatic carbocycles. The van der Waals surface area contributed by atoms with E-state index in [0.717, 1.165) is 0 Å². The fourth-order valence-electron chi connectivity index (χ4n) is 1.42. The Kier molecular flexibility index (Phi) is 3.48. The maximum absolute atomic E-state index is 11.4. The van der Waals surface area contributed by atoms with Crippen LogP contribution in [0.25, 0.3) is 5.82 Å². The van der Waals surface area contributed by atoms with Crippen LogP contribution in [-0.4, -0.2) is 38.8 Å². The van der Waals surface area contributed by atoms with E-state index in [9.17, 15) is 9.59 Å². The van der Waals surface area contributed by atoms with E-state index in [0.29, 0.717) is 0 Å². The van der Waals surface area contributed by atoms with Crippen molar-refractivity contribution in [3.63, 3.8) is 0 Å². The van der Waals surface area contributed by atoms with Gasteiger partial charge in [-0.1, -0.05) is 11.6 Å². The number of nitrogens with one attached hydrogen (secondary N) is 1. The Labute approximate surface area is 112 Å². The van der Waals surface area contributed by atoms with Crippen LogP contribution >= 0.6 is 11.6 Å². The van der Waals surface area contributed by atoms with Crippen molar-refractivity contribution in [1.29, 1.82) is 0 Å². The number of aromatic nitrogens is 3. The molecule has 19 heavy (non-hydrogen) atoms. The molecule has 2 aromatic heterocycles. The van der Waals surface area contributed by atoms with Crippen LogP contribution in [0.5, 0.6) is 0 Å². The third kappa shape index (κ3) is 2.71. The van der Waals surface area contributed by atoms with E-state index in [2.05, 4.69) is 15.4 Å². The number of halogens is 1. The second-order valence-electron chi connectivity index (χ2n) is 3.57. The number of carbonyl (C=O) groups excluding carboxylic acids is 1. The first-order valence-corrected chi connectivity index (χ1v) is 5.58. The van der Waals surface area contributed by atoms with Gasteiger partial charge in [-0.05, 0) is 18.2 Å². The number of pyridine rings is 1. The second kappa shape index (κ2) is 5.07. The van der Waals surface area contributed by atoms with Crippen LogP contribution in [0, 0.1) is 0 Å². The van der Waals surface area contributed by atoms with Gasteiger partial charge >= 0.3 is 5.97 Å². The summed E-state index contributed by atoms with van der Waals surface area (Å²) in [7, 11) is 1.49. The van der Waals surface area contributed by atoms with Gasteiger partial charge in [0.2, 0.25) is 0 Å². The van der Waals surface area contributed by atoms with Gasteiger partial charge in [-0.15, -0.1) is 0 Å². The van der Waals surface area contributed by atoms with E-state index in [1.165, 1.54) is 36.1 Å². The van der Waals surface area contributed by atoms with E-state index in [4.69, 9.17) is 16.7 Å². The van der Waals surface area contributed by atoms with Gasteiger partial charge < -0.3 is 10.4 Å². The number of carboxylic acids is 1. The summed E-state index contributed by atoms with van der Waals surface area (Å²) < 4.78 is 1.28. The first kappa shape index (κ1) is 13.0. The summed E-state index contributed by atoms with van der Waals surface area (Å²) in [5.41, 5.74) is 0.188. The smallest absolute Gasteiger partial charge is 0.335 e. The largest absolute Gasteiger partial charge is 0.478 e. The van der Waals surface area contributed by atoms with Gasteiger partial charge in [-0.2, -0.15) is 5.10 Å². The van der Waals surface area contributed by atoms with Crippen LogP contribution in [0.3, 0.4) is 0 Å². The topological polar surface area (TPSA) is 97.1 Å². The zero-order valence-electron chi connectivity index (χ0n) is 9.79. The monoisotopic (exact) mass is 280 g/mol. The van der Waals surface area contributed by atoms with Gasteiger partial charge in [0.05, 0.1) is 5.56 Å². The number of hydrogen-bond acceptors (Lipinski definition) is 4. The highest BCUT2D eigenvalue weighted by molar-refractivity contribution is 6.29. The lowest BCUT2D eigenvalue weighted by atomic mass is 10.2. The zero-order chi connectivity index (χ0) is 14.0. The van der Waals surface area contributed by atoms with Crippen molar-refractivity contribution in [3.05, 3.63) is 40.8 Å². The Morgan fingerprint density at radius 3 is 2.79 bits per heavy atom. The summed E-state index contributed by atoms with van der Waals surface area (Å²) in [6.07, 6.45) is 1.49. The number of aromatic carboxylic acids is 1. The minimum Gasteiger partial charge on any atom is -0.478 e. The van der Waals surface area contributed by atoms with Crippen molar-refractivity contribution >= 4 is 23.5 Å². The van der Waals surface area contributed by atoms with Crippen molar-refractivity contribution in [3.8, 4) is 5.82 Å². The van der Waals surface area contributed by atoms with E-state index in [1.54, 1.807) is 0 Å². The lowest BCUT2D eigenvalue weighted by Gasteiger charge is -2.03. The number of rotatable bonds is 3. The van der Waals surface area contributed by atoms with E-state index >= 15 is 0 Å². The molecule has 0 aliphatic rings. The quantitative estimate of drug-likeness (QED) is 0.817. The van der Waals surface area contributed by atoms with Crippen molar-refractivity contribution < 1.29 is 14.7 Å². The minimum atomic E-state index is -1.12. The Morgan fingerprint density at radius 2 is 2.16 bits per heavy atom. The molecule has 0 unspecified atom stereocenters. The van der Waals surface area contributed by atoms with E-state index < -0.39 is 5.97 Å². The second-order valence-corrected chi connectivity index (χ2v) is 3.95. The lowest BCUT2D eigenvalue weighted by molar-refractivity contribution is 0.0696. The van der Waals surface area contributed by atoms with Crippen LogP contribution < -0.4 is 5.32 Å². The standard InChI is InChI=1S/C11H9ClN4O3/c1-13-10(17)7-2-3-16(15-7)9-5-6(11(18)19)4-8(12)14-9/h2-5H,1H3,(H,13,17)(H,18,19). The molecule has 2 N–H and O–H groups in total. The normalized spacial score (nSPS) is 10.2. The average molecular weight is 281 g/mol. The summed E-state index contributed by atoms with van der Waals surface area (Å²) in [4.78, 5) is 26.2. The molecule has 8 heteroatoms. The number of carboxylic acid groups (broad SMARTS) is 1. The molecule has 0 aliphatic carbocycles. The minimum absolute atomic E-state index is 0.00741. The maximum atomic E-state index is 11.4. The van der Waals surface area contributed by atoms with Crippen molar-refractivity contribution in [2.45, 2.75) is 0 Å². The Morgan fingerprint density at radius 1 is 1.42 bits per heavy atom. The number of carbonyl (C=O) groups is 2. The van der Waals surface area contributed by atoms with Crippen molar-refractivity contribution in [1.82, 2.24) is 20.1 Å². The molecule has 0 saturated heterocycles. The summed E-state index contributed by atoms with van der Waals surface area (Å²) in [5, 5.41) is 15.4. The van der Waals surface area contributed by atoms with Crippen LogP contribution in [0.1, 0.15) is 20.8 Å². The van der Waals surface area contributed by atoms with E-state index in [1.807, 2.05) is 0 Å². The molecule has 2 aromatic rings. The molecule has 0 atom stereocenters. The van der Waals surface area contributed by atoms with Crippen LogP contribution in [-0.2, 0) is 0 Å². The van der Waals surface area contributed by atoms with Crippen LogP contribution in [0.15, 0.2) is 24.4 Å². The summed E-state index contributed by atoms with van der Waals surface area (Å²) in [5.74, 6) is -1.25. The fraction of sp³-hybridized carbons (Fsp3) is 0.0909. The zero-order valence-corrected chi connectivity index (χ0v) is 10.5. The molecular weight excluding hydrogens is 272 g/mol. The number of nitrogens with zero attached hydrogens (tertiary/aromatic N) is 3. The summed E-state index contributed by atoms with van der Waals surface area (Å²) >= 11 is 5.75. The average Bonchev–Trinajstić information content (AvgIpc) is 2.86. The molecule has 98 valence electrons. The Balaban J connectivity index is 2.44. The highest BCUT2D eigenvalue weighted by Gasteiger charge is 2.12. The van der Waals surface area contributed by atoms with Crippen molar-refractivity contribution in [2.24, 2.45) is 0 Å². The Hall–Kier alpha value is -2.41.